The minimum absolute atomic E-state index is 0. The minimum atomic E-state index is 0. The molecule has 0 N–H and O–H groups in total. The van der Waals surface area contributed by atoms with E-state index in [9.17, 15) is 0 Å². The summed E-state index contributed by atoms with van der Waals surface area (Å²) in [4.78, 5) is 0. The van der Waals surface area contributed by atoms with Crippen LogP contribution in [0.5, 0.6) is 0 Å². The van der Waals surface area contributed by atoms with Crippen molar-refractivity contribution in [3.63, 3.8) is 0 Å². The molecule has 0 saturated heterocycles. The van der Waals surface area contributed by atoms with E-state index in [-0.39, 0.29) is 73.3 Å². The van der Waals surface area contributed by atoms with Gasteiger partial charge in [-0.25, -0.2) is 0 Å². The van der Waals surface area contributed by atoms with E-state index in [1.54, 1.807) is 0 Å². The third kappa shape index (κ3) is 23.3. The zero-order chi connectivity index (χ0) is 6.95. The monoisotopic (exact) mass is 600 g/mol. The molecule has 0 aromatic rings. The third-order valence-electron chi connectivity index (χ3n) is 1.51. The molecule has 0 fully saturated rings. The summed E-state index contributed by atoms with van der Waals surface area (Å²) in [7, 11) is 0. The molecule has 0 saturated carbocycles. The summed E-state index contributed by atoms with van der Waals surface area (Å²) < 4.78 is 1.42. The summed E-state index contributed by atoms with van der Waals surface area (Å²) in [5, 5.41) is 0. The molecule has 4 heteroatoms. The first-order chi connectivity index (χ1) is 4.41. The Balaban J connectivity index is -0.000000107. The Morgan fingerprint density at radius 3 is 1.58 bits per heavy atom. The Kier molecular flexibility index (Phi) is 48.6. The molecule has 0 aromatic carbocycles. The zero-order valence-corrected chi connectivity index (χ0v) is 19.0. The standard InChI is InChI=1S/C8H17.4Sb.3H/c1-3-5-7-8-6-4-2;;;;;;;/h1,3-8H2,2H3;;;;;;;. The van der Waals surface area contributed by atoms with Gasteiger partial charge in [-0.3, -0.25) is 0 Å². The molecule has 0 unspecified atom stereocenters. The second-order valence-corrected chi connectivity index (χ2v) is 3.77. The fourth-order valence-electron chi connectivity index (χ4n) is 0.892. The van der Waals surface area contributed by atoms with Crippen LogP contribution in [0.25, 0.3) is 0 Å². The molecule has 0 bridgehead atoms. The van der Waals surface area contributed by atoms with Crippen molar-refractivity contribution in [3.05, 3.63) is 0 Å². The van der Waals surface area contributed by atoms with Crippen LogP contribution in [0.1, 0.15) is 45.4 Å². The fourth-order valence-corrected chi connectivity index (χ4v) is 1.53. The molecule has 0 rings (SSSR count). The van der Waals surface area contributed by atoms with Crippen molar-refractivity contribution in [2.24, 2.45) is 0 Å². The summed E-state index contributed by atoms with van der Waals surface area (Å²) >= 11 is 1.96. The van der Waals surface area contributed by atoms with Crippen LogP contribution in [-0.4, -0.2) is 96.3 Å². The first kappa shape index (κ1) is 24.5. The number of hydrogen-bond acceptors (Lipinski definition) is 0. The summed E-state index contributed by atoms with van der Waals surface area (Å²) in [6.07, 6.45) is 8.66. The Labute approximate surface area is 144 Å². The van der Waals surface area contributed by atoms with Gasteiger partial charge >= 0.3 is 146 Å². The third-order valence-corrected chi connectivity index (χ3v) is 2.41. The van der Waals surface area contributed by atoms with Gasteiger partial charge in [-0.2, -0.15) is 0 Å². The molecule has 8 radical (unpaired) electrons. The molecule has 72 valence electrons. The number of hydrogen-bond donors (Lipinski definition) is 0. The van der Waals surface area contributed by atoms with E-state index in [0.29, 0.717) is 0 Å². The number of unbranched alkanes of at least 4 members (excludes halogenated alkanes) is 5. The van der Waals surface area contributed by atoms with E-state index in [1.807, 2.05) is 23.0 Å². The second-order valence-electron chi connectivity index (χ2n) is 2.49. The van der Waals surface area contributed by atoms with Gasteiger partial charge in [0.1, 0.15) is 0 Å². The van der Waals surface area contributed by atoms with Crippen molar-refractivity contribution < 1.29 is 0 Å². The Hall–Kier alpha value is 3.27. The Morgan fingerprint density at radius 1 is 0.750 bits per heavy atom. The molecule has 0 atom stereocenters. The quantitative estimate of drug-likeness (QED) is 0.314. The summed E-state index contributed by atoms with van der Waals surface area (Å²) in [6.45, 7) is 2.27. The Bertz CT molecular complexity index is 44.3. The SMILES string of the molecule is CCCCCCC[CH2][Sb].[SbH].[SbH].[SbH]. The van der Waals surface area contributed by atoms with Gasteiger partial charge in [0, 0.05) is 0 Å². The predicted molar refractivity (Wildman–Crippen MR) is 65.4 cm³/mol. The molecule has 0 amide bonds. The molecule has 0 aliphatic heterocycles. The molecule has 0 aliphatic carbocycles. The summed E-state index contributed by atoms with van der Waals surface area (Å²) in [6, 6.07) is 0. The van der Waals surface area contributed by atoms with Gasteiger partial charge in [-0.1, -0.05) is 0 Å². The average molecular weight is 603 g/mol. The van der Waals surface area contributed by atoms with Gasteiger partial charge in [0.15, 0.2) is 0 Å². The average Bonchev–Trinajstić information content (AvgIpc) is 1.89. The topological polar surface area (TPSA) is 0 Å². The van der Waals surface area contributed by atoms with Crippen LogP contribution in [0, 0.1) is 0 Å². The van der Waals surface area contributed by atoms with Crippen molar-refractivity contribution >= 4 is 96.3 Å². The normalized spacial score (nSPS) is 7.50. The molecular formula is C8H20Sb4. The number of rotatable bonds is 6. The van der Waals surface area contributed by atoms with Crippen LogP contribution < -0.4 is 0 Å². The van der Waals surface area contributed by atoms with Gasteiger partial charge in [0.05, 0.1) is 0 Å². The van der Waals surface area contributed by atoms with Crippen LogP contribution in [0.15, 0.2) is 0 Å². The molecule has 0 spiro atoms. The van der Waals surface area contributed by atoms with Crippen molar-refractivity contribution in [1.29, 1.82) is 0 Å². The van der Waals surface area contributed by atoms with Crippen LogP contribution in [0.3, 0.4) is 0 Å². The zero-order valence-electron chi connectivity index (χ0n) is 7.90. The molecule has 0 aromatic heterocycles. The van der Waals surface area contributed by atoms with E-state index in [2.05, 4.69) is 6.92 Å². The Morgan fingerprint density at radius 2 is 1.17 bits per heavy atom. The van der Waals surface area contributed by atoms with Crippen molar-refractivity contribution in [3.8, 4) is 0 Å². The van der Waals surface area contributed by atoms with E-state index >= 15 is 0 Å². The first-order valence-electron chi connectivity index (χ1n) is 4.02. The maximum atomic E-state index is 2.27. The summed E-state index contributed by atoms with van der Waals surface area (Å²) in [5.74, 6) is 0. The predicted octanol–water partition coefficient (Wildman–Crippen LogP) is 0.988. The van der Waals surface area contributed by atoms with Crippen molar-refractivity contribution in [2.75, 3.05) is 0 Å². The molecule has 0 aliphatic rings. The van der Waals surface area contributed by atoms with E-state index < -0.39 is 0 Å². The van der Waals surface area contributed by atoms with Gasteiger partial charge in [0.25, 0.3) is 0 Å². The summed E-state index contributed by atoms with van der Waals surface area (Å²) in [5.41, 5.74) is 0. The van der Waals surface area contributed by atoms with Gasteiger partial charge in [0.2, 0.25) is 0 Å². The van der Waals surface area contributed by atoms with Crippen molar-refractivity contribution in [1.82, 2.24) is 0 Å². The molecule has 0 heterocycles. The second kappa shape index (κ2) is 23.8. The fraction of sp³-hybridized carbons (Fsp3) is 1.00. The van der Waals surface area contributed by atoms with E-state index in [1.165, 1.54) is 42.9 Å². The van der Waals surface area contributed by atoms with Gasteiger partial charge in [-0.15, -0.1) is 0 Å². The van der Waals surface area contributed by atoms with Crippen LogP contribution in [0.2, 0.25) is 4.37 Å². The van der Waals surface area contributed by atoms with Crippen LogP contribution >= 0.6 is 0 Å². The molecule has 12 heavy (non-hydrogen) atoms. The maximum absolute atomic E-state index is 2.27. The van der Waals surface area contributed by atoms with Crippen LogP contribution in [-0.2, 0) is 0 Å². The van der Waals surface area contributed by atoms with Crippen LogP contribution in [0.4, 0.5) is 0 Å². The molecular weight excluding hydrogens is 583 g/mol. The van der Waals surface area contributed by atoms with E-state index in [4.69, 9.17) is 0 Å². The molecule has 0 nitrogen and oxygen atoms in total. The van der Waals surface area contributed by atoms with E-state index in [0.717, 1.165) is 0 Å². The first-order valence-corrected chi connectivity index (χ1v) is 5.83. The van der Waals surface area contributed by atoms with Crippen molar-refractivity contribution in [2.45, 2.75) is 49.8 Å². The van der Waals surface area contributed by atoms with Gasteiger partial charge in [-0.05, 0) is 0 Å². The van der Waals surface area contributed by atoms with Gasteiger partial charge < -0.3 is 0 Å².